The molecule has 0 aromatic heterocycles. The quantitative estimate of drug-likeness (QED) is 0.0987. The molecule has 0 aliphatic carbocycles. The zero-order valence-corrected chi connectivity index (χ0v) is 28.2. The first kappa shape index (κ1) is 36.7. The van der Waals surface area contributed by atoms with Gasteiger partial charge >= 0.3 is 0 Å². The normalized spacial score (nSPS) is 10.7. The minimum absolute atomic E-state index is 0.290. The predicted octanol–water partition coefficient (Wildman–Crippen LogP) is 4.64. The van der Waals surface area contributed by atoms with Crippen molar-refractivity contribution in [3.8, 4) is 47.4 Å². The Bertz CT molecular complexity index is 1600. The molecule has 4 rings (SSSR count). The predicted molar refractivity (Wildman–Crippen MR) is 188 cm³/mol. The average Bonchev–Trinajstić information content (AvgIpc) is 3.11. The van der Waals surface area contributed by atoms with Gasteiger partial charge in [0.1, 0.15) is 26.4 Å². The van der Waals surface area contributed by atoms with E-state index in [9.17, 15) is 0 Å². The molecule has 4 aromatic carbocycles. The molecule has 0 saturated carbocycles. The molecule has 0 amide bonds. The van der Waals surface area contributed by atoms with Crippen molar-refractivity contribution in [1.29, 1.82) is 0 Å². The van der Waals surface area contributed by atoms with Crippen LogP contribution in [0.15, 0.2) is 36.4 Å². The Morgan fingerprint density at radius 1 is 0.375 bits per heavy atom. The van der Waals surface area contributed by atoms with Crippen molar-refractivity contribution in [2.24, 2.45) is 0 Å². The van der Waals surface area contributed by atoms with Crippen LogP contribution < -0.4 is 0 Å². The van der Waals surface area contributed by atoms with E-state index in [1.807, 2.05) is 12.1 Å². The van der Waals surface area contributed by atoms with Gasteiger partial charge in [0, 0.05) is 50.7 Å². The number of benzene rings is 4. The van der Waals surface area contributed by atoms with Crippen LogP contribution in [0.3, 0.4) is 0 Å². The first-order chi connectivity index (χ1) is 23.7. The second-order valence-corrected chi connectivity index (χ2v) is 10.4. The van der Waals surface area contributed by atoms with Crippen molar-refractivity contribution in [1.82, 2.24) is 0 Å². The topological polar surface area (TPSA) is 73.8 Å². The molecule has 0 N–H and O–H groups in total. The van der Waals surface area contributed by atoms with Gasteiger partial charge in [-0.25, -0.2) is 0 Å². The number of rotatable bonds is 16. The zero-order chi connectivity index (χ0) is 33.8. The average molecular weight is 651 g/mol. The van der Waals surface area contributed by atoms with Crippen molar-refractivity contribution >= 4 is 32.3 Å². The second kappa shape index (κ2) is 20.9. The van der Waals surface area contributed by atoms with Gasteiger partial charge in [0.2, 0.25) is 0 Å². The minimum atomic E-state index is 0.290. The molecule has 0 aliphatic rings. The minimum Gasteiger partial charge on any atom is -0.382 e. The maximum atomic E-state index is 5.61. The molecule has 0 atom stereocenters. The summed E-state index contributed by atoms with van der Waals surface area (Å²) in [6, 6.07) is 12.5. The van der Waals surface area contributed by atoms with E-state index in [0.29, 0.717) is 52.9 Å². The highest BCUT2D eigenvalue weighted by atomic mass is 16.5. The van der Waals surface area contributed by atoms with Gasteiger partial charge in [0.05, 0.1) is 52.9 Å². The molecule has 0 spiro atoms. The lowest BCUT2D eigenvalue weighted by atomic mass is 9.86. The fourth-order valence-electron chi connectivity index (χ4n) is 4.99. The highest BCUT2D eigenvalue weighted by Crippen LogP contribution is 2.40. The summed E-state index contributed by atoms with van der Waals surface area (Å²) in [5, 5.41) is 6.18. The lowest BCUT2D eigenvalue weighted by Crippen LogP contribution is -2.02. The summed E-state index contributed by atoms with van der Waals surface area (Å²) < 4.78 is 42.8. The summed E-state index contributed by atoms with van der Waals surface area (Å²) in [4.78, 5) is 0. The van der Waals surface area contributed by atoms with Crippen LogP contribution in [0.4, 0.5) is 0 Å². The van der Waals surface area contributed by atoms with Crippen LogP contribution in [-0.2, 0) is 37.9 Å². The van der Waals surface area contributed by atoms with Crippen LogP contribution in [0, 0.1) is 47.4 Å². The molecule has 0 unspecified atom stereocenters. The van der Waals surface area contributed by atoms with Gasteiger partial charge in [-0.05, 0) is 44.5 Å². The van der Waals surface area contributed by atoms with Crippen LogP contribution in [0.2, 0.25) is 0 Å². The van der Waals surface area contributed by atoms with Crippen molar-refractivity contribution < 1.29 is 37.9 Å². The van der Waals surface area contributed by atoms with Gasteiger partial charge in [-0.2, -0.15) is 0 Å². The third kappa shape index (κ3) is 10.4. The Hall–Kier alpha value is -4.16. The first-order valence-electron chi connectivity index (χ1n) is 15.7. The van der Waals surface area contributed by atoms with Gasteiger partial charge in [-0.3, -0.25) is 0 Å². The Balaban J connectivity index is 1.87. The molecule has 0 fully saturated rings. The largest absolute Gasteiger partial charge is 0.382 e. The third-order valence-corrected chi connectivity index (χ3v) is 7.22. The SMILES string of the molecule is COCCOCC#Cc1cc(C#CCOCCOC)c2ccc3c(C#CCOCCOC)cc(C#CCOCCOC)c4ccc1c2c43. The molecule has 0 bridgehead atoms. The van der Waals surface area contributed by atoms with Gasteiger partial charge in [0.25, 0.3) is 0 Å². The molecule has 250 valence electrons. The Labute approximate surface area is 283 Å². The van der Waals surface area contributed by atoms with Crippen LogP contribution in [-0.4, -0.2) is 108 Å². The van der Waals surface area contributed by atoms with E-state index in [-0.39, 0.29) is 26.4 Å². The second-order valence-electron chi connectivity index (χ2n) is 10.4. The lowest BCUT2D eigenvalue weighted by Gasteiger charge is -2.16. The van der Waals surface area contributed by atoms with E-state index < -0.39 is 0 Å². The highest BCUT2D eigenvalue weighted by molar-refractivity contribution is 6.26. The molecule has 0 aliphatic heterocycles. The molecule has 8 nitrogen and oxygen atoms in total. The van der Waals surface area contributed by atoms with Crippen molar-refractivity contribution in [2.75, 3.05) is 108 Å². The molecule has 4 aromatic rings. The summed E-state index contributed by atoms with van der Waals surface area (Å²) in [7, 11) is 6.58. The fourth-order valence-corrected chi connectivity index (χ4v) is 4.99. The summed E-state index contributed by atoms with van der Waals surface area (Å²) in [6.07, 6.45) is 0. The molecule has 48 heavy (non-hydrogen) atoms. The number of ether oxygens (including phenoxy) is 8. The van der Waals surface area contributed by atoms with Crippen molar-refractivity contribution in [3.63, 3.8) is 0 Å². The standard InChI is InChI=1S/C40H42O8/c1-41-21-25-45-17-5-9-31-29-32(10-6-18-46-26-22-42-2)36-15-16-38-34(12-8-20-48-28-24-44-4)30-33(11-7-19-47-27-23-43-3)37-14-13-35(31)39(36)40(37)38/h13-16,29-30H,17-28H2,1-4H3. The maximum absolute atomic E-state index is 5.61. The molecule has 0 saturated heterocycles. The van der Waals surface area contributed by atoms with Crippen molar-refractivity contribution in [2.45, 2.75) is 0 Å². The number of hydrogen-bond donors (Lipinski definition) is 0. The molecule has 0 heterocycles. The fraction of sp³-hybridized carbons (Fsp3) is 0.400. The summed E-state index contributed by atoms with van der Waals surface area (Å²) in [5.74, 6) is 26.0. The van der Waals surface area contributed by atoms with Crippen LogP contribution >= 0.6 is 0 Å². The molecular formula is C40H42O8. The number of hydrogen-bond acceptors (Lipinski definition) is 8. The monoisotopic (exact) mass is 650 g/mol. The van der Waals surface area contributed by atoms with E-state index >= 15 is 0 Å². The Morgan fingerprint density at radius 2 is 0.625 bits per heavy atom. The Kier molecular flexibility index (Phi) is 16.0. The molecular weight excluding hydrogens is 608 g/mol. The van der Waals surface area contributed by atoms with Crippen LogP contribution in [0.5, 0.6) is 0 Å². The van der Waals surface area contributed by atoms with Crippen LogP contribution in [0.1, 0.15) is 22.3 Å². The van der Waals surface area contributed by atoms with E-state index in [2.05, 4.69) is 71.6 Å². The summed E-state index contributed by atoms with van der Waals surface area (Å²) in [5.41, 5.74) is 3.44. The third-order valence-electron chi connectivity index (χ3n) is 7.22. The zero-order valence-electron chi connectivity index (χ0n) is 28.2. The van der Waals surface area contributed by atoms with Gasteiger partial charge in [-0.1, -0.05) is 71.6 Å². The Morgan fingerprint density at radius 3 is 0.854 bits per heavy atom. The first-order valence-corrected chi connectivity index (χ1v) is 15.7. The maximum Gasteiger partial charge on any atom is 0.108 e. The van der Waals surface area contributed by atoms with E-state index in [0.717, 1.165) is 54.6 Å². The van der Waals surface area contributed by atoms with E-state index in [1.54, 1.807) is 28.4 Å². The smallest absolute Gasteiger partial charge is 0.108 e. The van der Waals surface area contributed by atoms with Gasteiger partial charge in [-0.15, -0.1) is 0 Å². The van der Waals surface area contributed by atoms with Crippen LogP contribution in [0.25, 0.3) is 32.3 Å². The van der Waals surface area contributed by atoms with Crippen molar-refractivity contribution in [3.05, 3.63) is 58.7 Å². The summed E-state index contributed by atoms with van der Waals surface area (Å²) in [6.45, 7) is 5.13. The molecule has 0 radical (unpaired) electrons. The number of methoxy groups -OCH3 is 4. The van der Waals surface area contributed by atoms with Gasteiger partial charge in [0.15, 0.2) is 0 Å². The lowest BCUT2D eigenvalue weighted by molar-refractivity contribution is 0.0877. The van der Waals surface area contributed by atoms with E-state index in [1.165, 1.54) is 0 Å². The van der Waals surface area contributed by atoms with Gasteiger partial charge < -0.3 is 37.9 Å². The highest BCUT2D eigenvalue weighted by Gasteiger charge is 2.17. The molecule has 8 heteroatoms. The summed E-state index contributed by atoms with van der Waals surface area (Å²) >= 11 is 0. The van der Waals surface area contributed by atoms with E-state index in [4.69, 9.17) is 37.9 Å².